The van der Waals surface area contributed by atoms with Crippen molar-refractivity contribution in [1.82, 2.24) is 9.62 Å². The maximum Gasteiger partial charge on any atom is 0.403 e. The van der Waals surface area contributed by atoms with Gasteiger partial charge >= 0.3 is 16.4 Å². The van der Waals surface area contributed by atoms with Crippen molar-refractivity contribution in [3.63, 3.8) is 0 Å². The van der Waals surface area contributed by atoms with E-state index in [-0.39, 0.29) is 17.4 Å². The van der Waals surface area contributed by atoms with Crippen LogP contribution in [0.25, 0.3) is 0 Å². The predicted octanol–water partition coefficient (Wildman–Crippen LogP) is -0.774. The molecule has 58 valence electrons. The molecule has 1 heterocycles. The maximum atomic E-state index is 12.0. The minimum absolute atomic E-state index is 0.127. The Morgan fingerprint density at radius 1 is 1.60 bits per heavy atom. The Bertz CT molecular complexity index is 248. The van der Waals surface area contributed by atoms with Gasteiger partial charge in [-0.3, -0.25) is 0 Å². The summed E-state index contributed by atoms with van der Waals surface area (Å²) in [5.41, 5.74) is 0. The lowest BCUT2D eigenvalue weighted by atomic mass is 10.7. The van der Waals surface area contributed by atoms with Crippen molar-refractivity contribution in [2.24, 2.45) is 0 Å². The van der Waals surface area contributed by atoms with E-state index in [1.165, 1.54) is 0 Å². The monoisotopic (exact) mass is 168 g/mol. The van der Waals surface area contributed by atoms with Gasteiger partial charge in [-0.25, -0.2) is 4.79 Å². The second kappa shape index (κ2) is 2.08. The summed E-state index contributed by atoms with van der Waals surface area (Å²) < 4.78 is 32.2. The van der Waals surface area contributed by atoms with Crippen LogP contribution in [0.2, 0.25) is 0 Å². The van der Waals surface area contributed by atoms with E-state index in [2.05, 4.69) is 5.32 Å². The molecule has 0 aromatic carbocycles. The van der Waals surface area contributed by atoms with Crippen LogP contribution in [0.3, 0.4) is 0 Å². The van der Waals surface area contributed by atoms with Crippen molar-refractivity contribution in [1.29, 1.82) is 0 Å². The molecular weight excluding hydrogens is 163 g/mol. The van der Waals surface area contributed by atoms with Crippen LogP contribution in [0.15, 0.2) is 0 Å². The third kappa shape index (κ3) is 1.18. The van der Waals surface area contributed by atoms with E-state index in [0.717, 1.165) is 0 Å². The molecule has 1 aliphatic rings. The molecule has 0 unspecified atom stereocenters. The minimum atomic E-state index is -4.83. The molecule has 5 nitrogen and oxygen atoms in total. The van der Waals surface area contributed by atoms with Crippen LogP contribution in [0.5, 0.6) is 0 Å². The van der Waals surface area contributed by atoms with Crippen LogP contribution in [0.4, 0.5) is 8.68 Å². The summed E-state index contributed by atoms with van der Waals surface area (Å²) >= 11 is 0. The highest BCUT2D eigenvalue weighted by atomic mass is 32.3. The third-order valence-electron chi connectivity index (χ3n) is 1.08. The highest BCUT2D eigenvalue weighted by molar-refractivity contribution is 7.84. The van der Waals surface area contributed by atoms with Crippen LogP contribution < -0.4 is 5.32 Å². The van der Waals surface area contributed by atoms with E-state index in [1.54, 1.807) is 0 Å². The Hall–Kier alpha value is -0.850. The normalized spacial score (nSPS) is 19.3. The number of urea groups is 1. The number of halogens is 1. The zero-order chi connectivity index (χ0) is 7.78. The van der Waals surface area contributed by atoms with Gasteiger partial charge in [-0.1, -0.05) is 3.89 Å². The first-order valence-corrected chi connectivity index (χ1v) is 3.86. The van der Waals surface area contributed by atoms with Gasteiger partial charge in [0, 0.05) is 6.54 Å². The summed E-state index contributed by atoms with van der Waals surface area (Å²) in [4.78, 5) is 10.4. The topological polar surface area (TPSA) is 66.5 Å². The summed E-state index contributed by atoms with van der Waals surface area (Å²) in [6.07, 6.45) is 0. The molecule has 7 heteroatoms. The van der Waals surface area contributed by atoms with E-state index < -0.39 is 16.4 Å². The van der Waals surface area contributed by atoms with Crippen LogP contribution in [0, 0.1) is 0 Å². The molecule has 1 saturated heterocycles. The molecule has 0 spiro atoms. The van der Waals surface area contributed by atoms with Gasteiger partial charge in [0.15, 0.2) is 0 Å². The smallest absolute Gasteiger partial charge is 0.335 e. The van der Waals surface area contributed by atoms with E-state index in [9.17, 15) is 17.1 Å². The van der Waals surface area contributed by atoms with E-state index in [4.69, 9.17) is 0 Å². The van der Waals surface area contributed by atoms with Crippen molar-refractivity contribution >= 4 is 16.4 Å². The molecular formula is C3H5FN2O3S. The molecule has 1 N–H and O–H groups in total. The van der Waals surface area contributed by atoms with E-state index in [0.29, 0.717) is 0 Å². The third-order valence-corrected chi connectivity index (χ3v) is 1.96. The number of hydrogen-bond donors (Lipinski definition) is 1. The molecule has 10 heavy (non-hydrogen) atoms. The Kier molecular flexibility index (Phi) is 1.51. The number of carbonyl (C=O) groups excluding carboxylic acids is 1. The van der Waals surface area contributed by atoms with Gasteiger partial charge in [0.05, 0.1) is 6.54 Å². The zero-order valence-electron chi connectivity index (χ0n) is 4.87. The van der Waals surface area contributed by atoms with Crippen LogP contribution >= 0.6 is 0 Å². The lowest BCUT2D eigenvalue weighted by Gasteiger charge is -2.05. The zero-order valence-corrected chi connectivity index (χ0v) is 5.69. The summed E-state index contributed by atoms with van der Waals surface area (Å²) in [6, 6.07) is -0.900. The second-order valence-electron chi connectivity index (χ2n) is 1.75. The van der Waals surface area contributed by atoms with Crippen LogP contribution in [0.1, 0.15) is 0 Å². The average molecular weight is 168 g/mol. The lowest BCUT2D eigenvalue weighted by Crippen LogP contribution is -2.31. The summed E-state index contributed by atoms with van der Waals surface area (Å²) in [6.45, 7) is 0.0413. The van der Waals surface area contributed by atoms with Gasteiger partial charge in [-0.05, 0) is 0 Å². The summed E-state index contributed by atoms with van der Waals surface area (Å²) in [5, 5.41) is 2.14. The Balaban J connectivity index is 2.84. The Morgan fingerprint density at radius 2 is 2.20 bits per heavy atom. The first kappa shape index (κ1) is 7.26. The highest BCUT2D eigenvalue weighted by Gasteiger charge is 2.30. The summed E-state index contributed by atoms with van der Waals surface area (Å²) in [7, 11) is -4.83. The van der Waals surface area contributed by atoms with Gasteiger partial charge in [0.25, 0.3) is 0 Å². The fourth-order valence-electron chi connectivity index (χ4n) is 0.662. The molecule has 1 aliphatic heterocycles. The summed E-state index contributed by atoms with van der Waals surface area (Å²) in [5.74, 6) is 0. The fourth-order valence-corrected chi connectivity index (χ4v) is 1.23. The second-order valence-corrected chi connectivity index (χ2v) is 3.01. The Morgan fingerprint density at radius 3 is 2.40 bits per heavy atom. The van der Waals surface area contributed by atoms with Gasteiger partial charge in [-0.15, -0.1) is 0 Å². The number of nitrogens with one attached hydrogen (secondary N) is 1. The van der Waals surface area contributed by atoms with E-state index >= 15 is 0 Å². The molecule has 0 aliphatic carbocycles. The largest absolute Gasteiger partial charge is 0.403 e. The molecule has 0 saturated carbocycles. The van der Waals surface area contributed by atoms with Crippen LogP contribution in [-0.2, 0) is 10.4 Å². The lowest BCUT2D eigenvalue weighted by molar-refractivity contribution is 0.234. The SMILES string of the molecule is O=C1NCCN1S(=O)(=O)F. The molecule has 0 aromatic rings. The predicted molar refractivity (Wildman–Crippen MR) is 30.1 cm³/mol. The molecule has 0 atom stereocenters. The minimum Gasteiger partial charge on any atom is -0.335 e. The first-order valence-electron chi connectivity index (χ1n) is 2.52. The van der Waals surface area contributed by atoms with Gasteiger partial charge in [0.2, 0.25) is 0 Å². The number of hydrogen-bond acceptors (Lipinski definition) is 3. The molecule has 2 amide bonds. The number of amides is 2. The maximum absolute atomic E-state index is 12.0. The van der Waals surface area contributed by atoms with Gasteiger partial charge in [0.1, 0.15) is 0 Å². The molecule has 0 radical (unpaired) electrons. The van der Waals surface area contributed by atoms with Gasteiger partial charge in [-0.2, -0.15) is 12.7 Å². The van der Waals surface area contributed by atoms with Crippen molar-refractivity contribution in [2.75, 3.05) is 13.1 Å². The molecule has 1 rings (SSSR count). The van der Waals surface area contributed by atoms with Crippen molar-refractivity contribution in [3.05, 3.63) is 0 Å². The quantitative estimate of drug-likeness (QED) is 0.522. The number of rotatable bonds is 1. The average Bonchev–Trinajstić information content (AvgIpc) is 2.11. The van der Waals surface area contributed by atoms with Crippen molar-refractivity contribution in [3.8, 4) is 0 Å². The number of carbonyl (C=O) groups is 1. The van der Waals surface area contributed by atoms with Crippen molar-refractivity contribution < 1.29 is 17.1 Å². The van der Waals surface area contributed by atoms with Crippen LogP contribution in [-0.4, -0.2) is 31.8 Å². The van der Waals surface area contributed by atoms with E-state index in [1.807, 2.05) is 0 Å². The molecule has 1 fully saturated rings. The fraction of sp³-hybridized carbons (Fsp3) is 0.667. The van der Waals surface area contributed by atoms with Crippen molar-refractivity contribution in [2.45, 2.75) is 0 Å². The standard InChI is InChI=1S/C3H5FN2O3S/c4-10(8,9)6-2-1-5-3(6)7/h1-2H2,(H,5,7). The Labute approximate surface area is 57.2 Å². The van der Waals surface area contributed by atoms with Gasteiger partial charge < -0.3 is 5.32 Å². The molecule has 0 bridgehead atoms. The number of nitrogens with zero attached hydrogens (tertiary/aromatic N) is 1. The first-order chi connectivity index (χ1) is 4.52. The highest BCUT2D eigenvalue weighted by Crippen LogP contribution is 2.05. The molecule has 0 aromatic heterocycles.